The number of nitrogens with zero attached hydrogens (tertiary/aromatic N) is 2. The number of carboxylic acid groups (broad SMARTS) is 1. The number of rotatable bonds is 3. The van der Waals surface area contributed by atoms with Gasteiger partial charge in [0.15, 0.2) is 0 Å². The van der Waals surface area contributed by atoms with Gasteiger partial charge in [-0.15, -0.1) is 11.3 Å². The second-order valence-corrected chi connectivity index (χ2v) is 7.15. The molecule has 4 heterocycles. The second kappa shape index (κ2) is 5.31. The number of carbonyl (C=O) groups excluding carboxylic acids is 1. The molecule has 1 aromatic heterocycles. The molecule has 2 bridgehead atoms. The Morgan fingerprint density at radius 2 is 2.23 bits per heavy atom. The van der Waals surface area contributed by atoms with E-state index < -0.39 is 11.9 Å². The van der Waals surface area contributed by atoms with Gasteiger partial charge in [-0.3, -0.25) is 9.59 Å². The summed E-state index contributed by atoms with van der Waals surface area (Å²) in [6, 6.07) is -0.102. The lowest BCUT2D eigenvalue weighted by Gasteiger charge is -2.22. The van der Waals surface area contributed by atoms with E-state index in [0.717, 1.165) is 37.3 Å². The Kier molecular flexibility index (Phi) is 3.41. The smallest absolute Gasteiger partial charge is 0.308 e. The molecule has 3 aliphatic rings. The van der Waals surface area contributed by atoms with Crippen LogP contribution in [-0.2, 0) is 9.53 Å². The van der Waals surface area contributed by atoms with Gasteiger partial charge in [0.2, 0.25) is 0 Å². The summed E-state index contributed by atoms with van der Waals surface area (Å²) in [5.74, 6) is -1.32. The largest absolute Gasteiger partial charge is 0.481 e. The van der Waals surface area contributed by atoms with Gasteiger partial charge in [-0.25, -0.2) is 4.98 Å². The van der Waals surface area contributed by atoms with Crippen molar-refractivity contribution in [2.45, 2.75) is 50.3 Å². The third kappa shape index (κ3) is 2.14. The van der Waals surface area contributed by atoms with Gasteiger partial charge in [0.25, 0.3) is 5.91 Å². The Hall–Kier alpha value is -1.47. The molecular formula is C15H18N2O4S. The maximum absolute atomic E-state index is 12.7. The summed E-state index contributed by atoms with van der Waals surface area (Å²) in [5.41, 5.74) is 0.443. The number of thiazole rings is 1. The van der Waals surface area contributed by atoms with Crippen LogP contribution in [0.3, 0.4) is 0 Å². The topological polar surface area (TPSA) is 79.7 Å². The lowest BCUT2D eigenvalue weighted by molar-refractivity contribution is -0.142. The number of hydrogen-bond donors (Lipinski definition) is 1. The maximum Gasteiger partial charge on any atom is 0.308 e. The molecule has 4 atom stereocenters. The fourth-order valence-electron chi connectivity index (χ4n) is 4.01. The minimum absolute atomic E-state index is 0.0219. The van der Waals surface area contributed by atoms with Crippen LogP contribution in [0.15, 0.2) is 5.38 Å². The molecule has 7 heteroatoms. The molecule has 0 aliphatic carbocycles. The number of carboxylic acids is 1. The van der Waals surface area contributed by atoms with Crippen molar-refractivity contribution >= 4 is 23.2 Å². The highest BCUT2D eigenvalue weighted by atomic mass is 32.1. The van der Waals surface area contributed by atoms with Crippen LogP contribution >= 0.6 is 11.3 Å². The van der Waals surface area contributed by atoms with Gasteiger partial charge in [-0.05, 0) is 32.1 Å². The van der Waals surface area contributed by atoms with E-state index in [2.05, 4.69) is 4.98 Å². The molecule has 0 radical (unpaired) electrons. The molecule has 1 unspecified atom stereocenters. The standard InChI is InChI=1S/C15H18N2O4S/c18-14(10-7-22-13(16-10)12-2-1-5-21-12)17-8-3-4-11(17)9(6-8)15(19)20/h7-9,11-12H,1-6H2,(H,19,20)/t8-,9-,11+,12?/m1/s1. The predicted octanol–water partition coefficient (Wildman–Crippen LogP) is 2.07. The van der Waals surface area contributed by atoms with Crippen LogP contribution in [0.4, 0.5) is 0 Å². The number of carbonyl (C=O) groups is 2. The minimum atomic E-state index is -0.789. The number of ether oxygens (including phenoxy) is 1. The lowest BCUT2D eigenvalue weighted by atomic mass is 9.89. The van der Waals surface area contributed by atoms with Crippen molar-refractivity contribution in [2.24, 2.45) is 5.92 Å². The van der Waals surface area contributed by atoms with Crippen LogP contribution in [-0.4, -0.2) is 45.6 Å². The van der Waals surface area contributed by atoms with Gasteiger partial charge in [-0.2, -0.15) is 0 Å². The Balaban J connectivity index is 1.54. The molecule has 3 fully saturated rings. The Labute approximate surface area is 132 Å². The first kappa shape index (κ1) is 14.1. The van der Waals surface area contributed by atoms with E-state index in [1.807, 2.05) is 0 Å². The van der Waals surface area contributed by atoms with Crippen LogP contribution in [0, 0.1) is 5.92 Å². The molecule has 0 aromatic carbocycles. The van der Waals surface area contributed by atoms with Crippen LogP contribution in [0.2, 0.25) is 0 Å². The zero-order valence-electron chi connectivity index (χ0n) is 12.1. The summed E-state index contributed by atoms with van der Waals surface area (Å²) in [5, 5.41) is 11.9. The number of aliphatic carboxylic acids is 1. The molecule has 1 amide bonds. The molecule has 22 heavy (non-hydrogen) atoms. The van der Waals surface area contributed by atoms with Crippen LogP contribution in [0.1, 0.15) is 53.7 Å². The van der Waals surface area contributed by atoms with Crippen molar-refractivity contribution in [3.05, 3.63) is 16.1 Å². The van der Waals surface area contributed by atoms with E-state index >= 15 is 0 Å². The molecule has 118 valence electrons. The molecule has 0 spiro atoms. The third-order valence-corrected chi connectivity index (χ3v) is 5.97. The predicted molar refractivity (Wildman–Crippen MR) is 78.8 cm³/mol. The third-order valence-electron chi connectivity index (χ3n) is 5.03. The molecular weight excluding hydrogens is 304 g/mol. The van der Waals surface area contributed by atoms with E-state index in [0.29, 0.717) is 12.1 Å². The van der Waals surface area contributed by atoms with Gasteiger partial charge in [0.1, 0.15) is 16.8 Å². The highest BCUT2D eigenvalue weighted by Crippen LogP contribution is 2.42. The first-order valence-electron chi connectivity index (χ1n) is 7.77. The van der Waals surface area contributed by atoms with Crippen molar-refractivity contribution in [2.75, 3.05) is 6.61 Å². The Morgan fingerprint density at radius 3 is 2.91 bits per heavy atom. The van der Waals surface area contributed by atoms with Gasteiger partial charge in [-0.1, -0.05) is 0 Å². The van der Waals surface area contributed by atoms with Crippen molar-refractivity contribution in [3.8, 4) is 0 Å². The number of amides is 1. The fraction of sp³-hybridized carbons (Fsp3) is 0.667. The average molecular weight is 322 g/mol. The van der Waals surface area contributed by atoms with E-state index in [1.54, 1.807) is 10.3 Å². The Morgan fingerprint density at radius 1 is 1.36 bits per heavy atom. The normalized spacial score (nSPS) is 33.5. The fourth-order valence-corrected chi connectivity index (χ4v) is 4.88. The summed E-state index contributed by atoms with van der Waals surface area (Å²) < 4.78 is 5.61. The van der Waals surface area contributed by atoms with Gasteiger partial charge < -0.3 is 14.7 Å². The summed E-state index contributed by atoms with van der Waals surface area (Å²) in [6.07, 6.45) is 4.28. The van der Waals surface area contributed by atoms with E-state index in [9.17, 15) is 14.7 Å². The lowest BCUT2D eigenvalue weighted by Crippen LogP contribution is -2.38. The van der Waals surface area contributed by atoms with Crippen LogP contribution in [0.5, 0.6) is 0 Å². The number of hydrogen-bond acceptors (Lipinski definition) is 5. The minimum Gasteiger partial charge on any atom is -0.481 e. The zero-order valence-corrected chi connectivity index (χ0v) is 12.9. The van der Waals surface area contributed by atoms with Crippen LogP contribution in [0.25, 0.3) is 0 Å². The number of aromatic nitrogens is 1. The quantitative estimate of drug-likeness (QED) is 0.921. The van der Waals surface area contributed by atoms with E-state index in [1.165, 1.54) is 11.3 Å². The first-order valence-corrected chi connectivity index (χ1v) is 8.65. The van der Waals surface area contributed by atoms with Crippen molar-refractivity contribution < 1.29 is 19.4 Å². The van der Waals surface area contributed by atoms with Crippen molar-refractivity contribution in [1.82, 2.24) is 9.88 Å². The van der Waals surface area contributed by atoms with Gasteiger partial charge in [0, 0.05) is 24.1 Å². The van der Waals surface area contributed by atoms with Crippen molar-refractivity contribution in [3.63, 3.8) is 0 Å². The monoisotopic (exact) mass is 322 g/mol. The summed E-state index contributed by atoms with van der Waals surface area (Å²) >= 11 is 1.46. The highest BCUT2D eigenvalue weighted by molar-refractivity contribution is 7.09. The molecule has 1 aromatic rings. The molecule has 3 aliphatic heterocycles. The SMILES string of the molecule is O=C(O)[C@@H]1C[C@H]2CC[C@@H]1N2C(=O)c1csc(C2CCCO2)n1. The summed E-state index contributed by atoms with van der Waals surface area (Å²) in [4.78, 5) is 30.3. The highest BCUT2D eigenvalue weighted by Gasteiger charge is 2.51. The molecule has 4 rings (SSSR count). The zero-order chi connectivity index (χ0) is 15.3. The van der Waals surface area contributed by atoms with E-state index in [4.69, 9.17) is 4.74 Å². The molecule has 6 nitrogen and oxygen atoms in total. The van der Waals surface area contributed by atoms with Crippen molar-refractivity contribution in [1.29, 1.82) is 0 Å². The maximum atomic E-state index is 12.7. The van der Waals surface area contributed by atoms with E-state index in [-0.39, 0.29) is 24.1 Å². The van der Waals surface area contributed by atoms with Crippen LogP contribution < -0.4 is 0 Å². The first-order chi connectivity index (χ1) is 10.6. The summed E-state index contributed by atoms with van der Waals surface area (Å²) in [6.45, 7) is 0.754. The number of fused-ring (bicyclic) bond motifs is 2. The van der Waals surface area contributed by atoms with Gasteiger partial charge >= 0.3 is 5.97 Å². The average Bonchev–Trinajstić information content (AvgIpc) is 3.27. The molecule has 0 saturated carbocycles. The Bertz CT molecular complexity index is 610. The summed E-state index contributed by atoms with van der Waals surface area (Å²) in [7, 11) is 0. The van der Waals surface area contributed by atoms with Gasteiger partial charge in [0.05, 0.1) is 5.92 Å². The molecule has 3 saturated heterocycles. The molecule has 1 N–H and O–H groups in total. The second-order valence-electron chi connectivity index (χ2n) is 6.26.